The van der Waals surface area contributed by atoms with E-state index in [0.29, 0.717) is 24.2 Å². The van der Waals surface area contributed by atoms with Crippen molar-refractivity contribution < 1.29 is 9.90 Å². The first-order chi connectivity index (χ1) is 22.2. The lowest BCUT2D eigenvalue weighted by Gasteiger charge is -2.45. The van der Waals surface area contributed by atoms with Crippen molar-refractivity contribution in [2.24, 2.45) is 16.8 Å². The maximum absolute atomic E-state index is 14.6. The van der Waals surface area contributed by atoms with Gasteiger partial charge in [-0.05, 0) is 31.9 Å². The van der Waals surface area contributed by atoms with Crippen LogP contribution < -0.4 is 10.5 Å². The molecular weight excluding hydrogens is 706 g/mol. The quantitative estimate of drug-likeness (QED) is 0.160. The summed E-state index contributed by atoms with van der Waals surface area (Å²) in [5.41, 5.74) is 0.633. The number of anilines is 1. The first-order valence-electron chi connectivity index (χ1n) is 14.8. The largest absolute Gasteiger partial charge is 0.505 e. The van der Waals surface area contributed by atoms with Gasteiger partial charge in [-0.25, -0.2) is 4.98 Å². The lowest BCUT2D eigenvalue weighted by molar-refractivity contribution is -0.130. The summed E-state index contributed by atoms with van der Waals surface area (Å²) in [6, 6.07) is 2.60. The average molecular weight is 737 g/mol. The van der Waals surface area contributed by atoms with Crippen LogP contribution in [0.5, 0.6) is 5.75 Å². The first-order valence-corrected chi connectivity index (χ1v) is 16.7. The van der Waals surface area contributed by atoms with Gasteiger partial charge in [0.2, 0.25) is 5.91 Å². The highest BCUT2D eigenvalue weighted by Gasteiger charge is 2.37. The number of phenolic OH excluding ortho intramolecular Hbond substituents is 1. The molecule has 1 fully saturated rings. The standard InChI is InChI=1S/C33H31Cl5N6O3/c1-7-21(45)43-16(5)12-42(13-17(43)6)30-18-10-20(34)28(22-23(35)25(37)26(38)31(46)24(22)36)41-32(18)44(33(47)19(30)11-39)29-15(4)8-9-40-27(29)14(2)3/h7-10,14-17,29,46H,1,12-13H2,2-6H3/t15-,16-,17+,29?/m1/s1. The molecule has 1 aromatic carbocycles. The Hall–Kier alpha value is -3.26. The number of fused-ring (bicyclic) bond motifs is 1. The molecule has 0 bridgehead atoms. The van der Waals surface area contributed by atoms with Gasteiger partial charge in [-0.1, -0.05) is 91.4 Å². The summed E-state index contributed by atoms with van der Waals surface area (Å²) in [6.07, 6.45) is 4.87. The molecule has 4 atom stereocenters. The Morgan fingerprint density at radius 2 is 1.72 bits per heavy atom. The Bertz CT molecular complexity index is 1960. The van der Waals surface area contributed by atoms with Crippen molar-refractivity contribution in [3.8, 4) is 23.1 Å². The summed E-state index contributed by atoms with van der Waals surface area (Å²) in [7, 11) is 0. The third-order valence-electron chi connectivity index (χ3n) is 8.65. The summed E-state index contributed by atoms with van der Waals surface area (Å²) in [5.74, 6) is -0.986. The molecule has 5 rings (SSSR count). The van der Waals surface area contributed by atoms with Crippen LogP contribution in [0.15, 0.2) is 40.8 Å². The number of carbonyl (C=O) groups excluding carboxylic acids is 1. The lowest BCUT2D eigenvalue weighted by Crippen LogP contribution is -2.58. The van der Waals surface area contributed by atoms with E-state index in [-0.39, 0.29) is 77.4 Å². The van der Waals surface area contributed by atoms with Crippen LogP contribution in [0.3, 0.4) is 0 Å². The Morgan fingerprint density at radius 1 is 1.09 bits per heavy atom. The number of piperazine rings is 1. The second kappa shape index (κ2) is 13.3. The maximum Gasteiger partial charge on any atom is 0.272 e. The smallest absolute Gasteiger partial charge is 0.272 e. The summed E-state index contributed by atoms with van der Waals surface area (Å²) in [4.78, 5) is 40.5. The summed E-state index contributed by atoms with van der Waals surface area (Å²) >= 11 is 32.6. The lowest BCUT2D eigenvalue weighted by atomic mass is 9.88. The van der Waals surface area contributed by atoms with Gasteiger partial charge < -0.3 is 14.9 Å². The molecule has 9 nitrogen and oxygen atoms in total. The van der Waals surface area contributed by atoms with Gasteiger partial charge in [-0.15, -0.1) is 0 Å². The molecule has 0 spiro atoms. The summed E-state index contributed by atoms with van der Waals surface area (Å²) in [6.45, 7) is 14.0. The number of aliphatic imine (C=N–C) groups is 1. The molecule has 2 aliphatic heterocycles. The minimum Gasteiger partial charge on any atom is -0.505 e. The minimum atomic E-state index is -0.606. The fraction of sp³-hybridized carbons (Fsp3) is 0.364. The van der Waals surface area contributed by atoms with Crippen LogP contribution in [0.25, 0.3) is 22.3 Å². The fourth-order valence-corrected chi connectivity index (χ4v) is 7.92. The van der Waals surface area contributed by atoms with Gasteiger partial charge in [0, 0.05) is 54.0 Å². The molecule has 0 saturated carbocycles. The van der Waals surface area contributed by atoms with Crippen molar-refractivity contribution in [1.82, 2.24) is 14.5 Å². The highest BCUT2D eigenvalue weighted by molar-refractivity contribution is 6.52. The van der Waals surface area contributed by atoms with Crippen LogP contribution in [0.1, 0.15) is 46.2 Å². The highest BCUT2D eigenvalue weighted by atomic mass is 35.5. The van der Waals surface area contributed by atoms with E-state index in [4.69, 9.17) is 63.0 Å². The summed E-state index contributed by atoms with van der Waals surface area (Å²) in [5, 5.41) is 21.0. The van der Waals surface area contributed by atoms with Gasteiger partial charge in [0.05, 0.1) is 37.5 Å². The van der Waals surface area contributed by atoms with Gasteiger partial charge in [-0.2, -0.15) is 5.26 Å². The zero-order valence-corrected chi connectivity index (χ0v) is 29.9. The number of carbonyl (C=O) groups is 1. The number of amides is 1. The van der Waals surface area contributed by atoms with Gasteiger partial charge >= 0.3 is 0 Å². The fourth-order valence-electron chi connectivity index (χ4n) is 6.60. The molecule has 2 aliphatic rings. The van der Waals surface area contributed by atoms with E-state index in [1.54, 1.807) is 17.2 Å². The van der Waals surface area contributed by atoms with Crippen molar-refractivity contribution in [3.05, 3.63) is 72.0 Å². The number of aromatic nitrogens is 2. The third-order valence-corrected chi connectivity index (χ3v) is 10.6. The van der Waals surface area contributed by atoms with E-state index >= 15 is 0 Å². The second-order valence-corrected chi connectivity index (χ2v) is 14.0. The first kappa shape index (κ1) is 35.1. The predicted molar refractivity (Wildman–Crippen MR) is 191 cm³/mol. The van der Waals surface area contributed by atoms with E-state index in [9.17, 15) is 20.0 Å². The second-order valence-electron chi connectivity index (χ2n) is 12.1. The molecule has 1 N–H and O–H groups in total. The van der Waals surface area contributed by atoms with Crippen molar-refractivity contribution in [2.75, 3.05) is 18.0 Å². The number of benzene rings is 1. The Morgan fingerprint density at radius 3 is 2.30 bits per heavy atom. The van der Waals surface area contributed by atoms with E-state index < -0.39 is 17.4 Å². The van der Waals surface area contributed by atoms with Gasteiger partial charge in [0.25, 0.3) is 5.56 Å². The molecule has 47 heavy (non-hydrogen) atoms. The van der Waals surface area contributed by atoms with E-state index in [0.717, 1.165) is 5.71 Å². The molecule has 1 saturated heterocycles. The number of rotatable bonds is 5. The van der Waals surface area contributed by atoms with E-state index in [1.807, 2.05) is 45.6 Å². The van der Waals surface area contributed by atoms with Crippen molar-refractivity contribution >= 4 is 86.3 Å². The van der Waals surface area contributed by atoms with Crippen LogP contribution >= 0.6 is 58.0 Å². The zero-order chi connectivity index (χ0) is 34.6. The van der Waals surface area contributed by atoms with E-state index in [1.165, 1.54) is 10.6 Å². The molecule has 3 aromatic rings. The van der Waals surface area contributed by atoms with Crippen LogP contribution in [-0.2, 0) is 4.79 Å². The van der Waals surface area contributed by atoms with Crippen LogP contribution in [0.4, 0.5) is 5.69 Å². The minimum absolute atomic E-state index is 0.0187. The Labute approximate surface area is 297 Å². The number of halogens is 5. The molecule has 0 radical (unpaired) electrons. The molecule has 1 amide bonds. The van der Waals surface area contributed by atoms with Crippen LogP contribution in [0.2, 0.25) is 25.1 Å². The number of nitrogens with zero attached hydrogens (tertiary/aromatic N) is 6. The van der Waals surface area contributed by atoms with Crippen molar-refractivity contribution in [1.29, 1.82) is 5.26 Å². The topological polar surface area (TPSA) is 115 Å². The number of hydrogen-bond acceptors (Lipinski definition) is 7. The number of hydrogen-bond donors (Lipinski definition) is 1. The Balaban J connectivity index is 1.91. The number of pyridine rings is 2. The molecule has 2 aromatic heterocycles. The normalized spacial score (nSPS) is 21.3. The average Bonchev–Trinajstić information content (AvgIpc) is 3.02. The molecular formula is C33H31Cl5N6O3. The number of phenols is 1. The number of nitriles is 1. The Kier molecular flexibility index (Phi) is 9.94. The van der Waals surface area contributed by atoms with Gasteiger partial charge in [0.1, 0.15) is 22.3 Å². The zero-order valence-electron chi connectivity index (χ0n) is 26.2. The third kappa shape index (κ3) is 5.78. The molecule has 0 aliphatic carbocycles. The van der Waals surface area contributed by atoms with Crippen LogP contribution in [0, 0.1) is 23.2 Å². The number of aromatic hydroxyl groups is 1. The van der Waals surface area contributed by atoms with E-state index in [2.05, 4.69) is 17.6 Å². The van der Waals surface area contributed by atoms with Gasteiger partial charge in [-0.3, -0.25) is 19.1 Å². The van der Waals surface area contributed by atoms with Gasteiger partial charge in [0.15, 0.2) is 5.75 Å². The number of allylic oxidation sites excluding steroid dienone is 1. The van der Waals surface area contributed by atoms with Crippen molar-refractivity contribution in [3.63, 3.8) is 0 Å². The maximum atomic E-state index is 14.6. The molecule has 246 valence electrons. The molecule has 4 heterocycles. The van der Waals surface area contributed by atoms with Crippen LogP contribution in [-0.4, -0.2) is 56.3 Å². The molecule has 14 heteroatoms. The monoisotopic (exact) mass is 734 g/mol. The van der Waals surface area contributed by atoms with Crippen molar-refractivity contribution in [2.45, 2.75) is 52.7 Å². The predicted octanol–water partition coefficient (Wildman–Crippen LogP) is 8.32. The molecule has 1 unspecified atom stereocenters. The summed E-state index contributed by atoms with van der Waals surface area (Å²) < 4.78 is 1.48. The SMILES string of the molecule is C=CC(=O)N1[C@H](C)CN(c2c(C#N)c(=O)n(C3C(C(C)C)=NC=C[C@H]3C)c3nc(-c4c(Cl)c(O)c(Cl)c(Cl)c4Cl)c(Cl)cc23)C[C@@H]1C. The highest BCUT2D eigenvalue weighted by Crippen LogP contribution is 2.51.